The van der Waals surface area contributed by atoms with Gasteiger partial charge in [0.15, 0.2) is 0 Å². The number of rotatable bonds is 3. The van der Waals surface area contributed by atoms with Gasteiger partial charge in [-0.2, -0.15) is 0 Å². The van der Waals surface area contributed by atoms with Crippen molar-refractivity contribution in [2.45, 2.75) is 26.4 Å². The third kappa shape index (κ3) is 3.23. The maximum atomic E-state index is 11.8. The highest BCUT2D eigenvalue weighted by atomic mass is 32.2. The molecular formula is C13H18N2OS. The summed E-state index contributed by atoms with van der Waals surface area (Å²) in [7, 11) is 0. The molecule has 1 fully saturated rings. The molecule has 3 nitrogen and oxygen atoms in total. The van der Waals surface area contributed by atoms with Crippen LogP contribution in [0.2, 0.25) is 0 Å². The van der Waals surface area contributed by atoms with Crippen LogP contribution < -0.4 is 10.6 Å². The largest absolute Gasteiger partial charge is 0.351 e. The van der Waals surface area contributed by atoms with Crippen molar-refractivity contribution in [3.63, 3.8) is 0 Å². The Bertz CT molecular complexity index is 414. The summed E-state index contributed by atoms with van der Waals surface area (Å²) >= 11 is 1.76. The molecular weight excluding hydrogens is 232 g/mol. The van der Waals surface area contributed by atoms with Crippen molar-refractivity contribution >= 4 is 17.7 Å². The van der Waals surface area contributed by atoms with Crippen molar-refractivity contribution in [2.75, 3.05) is 11.6 Å². The molecule has 1 heterocycles. The third-order valence-corrected chi connectivity index (χ3v) is 4.01. The first-order valence-corrected chi connectivity index (χ1v) is 6.97. The van der Waals surface area contributed by atoms with Crippen molar-refractivity contribution in [3.8, 4) is 0 Å². The molecule has 1 amide bonds. The van der Waals surface area contributed by atoms with Crippen LogP contribution in [0.25, 0.3) is 0 Å². The molecule has 1 saturated heterocycles. The van der Waals surface area contributed by atoms with Gasteiger partial charge < -0.3 is 5.32 Å². The molecule has 1 aliphatic heterocycles. The normalized spacial score (nSPS) is 19.3. The highest BCUT2D eigenvalue weighted by molar-refractivity contribution is 7.99. The Morgan fingerprint density at radius 3 is 2.94 bits per heavy atom. The van der Waals surface area contributed by atoms with E-state index < -0.39 is 0 Å². The van der Waals surface area contributed by atoms with Gasteiger partial charge >= 0.3 is 0 Å². The van der Waals surface area contributed by atoms with Gasteiger partial charge in [-0.25, -0.2) is 0 Å². The van der Waals surface area contributed by atoms with E-state index in [0.717, 1.165) is 17.2 Å². The zero-order chi connectivity index (χ0) is 12.3. The van der Waals surface area contributed by atoms with Crippen molar-refractivity contribution in [1.29, 1.82) is 0 Å². The van der Waals surface area contributed by atoms with E-state index in [2.05, 4.69) is 42.7 Å². The lowest BCUT2D eigenvalue weighted by atomic mass is 10.1. The van der Waals surface area contributed by atoms with E-state index in [1.807, 2.05) is 0 Å². The Hall–Kier alpha value is -1.00. The predicted octanol–water partition coefficient (Wildman–Crippen LogP) is 1.58. The lowest BCUT2D eigenvalue weighted by Crippen LogP contribution is -2.41. The van der Waals surface area contributed by atoms with E-state index in [-0.39, 0.29) is 11.9 Å². The van der Waals surface area contributed by atoms with Gasteiger partial charge in [0.25, 0.3) is 0 Å². The average Bonchev–Trinajstić information content (AvgIpc) is 2.84. The van der Waals surface area contributed by atoms with Gasteiger partial charge in [0.1, 0.15) is 0 Å². The standard InChI is InChI=1S/C13H18N2OS/c1-9-3-4-11(5-10(9)2)6-14-13(16)12-7-17-8-15-12/h3-5,12,15H,6-8H2,1-2H3,(H,14,16). The number of carbonyl (C=O) groups is 1. The summed E-state index contributed by atoms with van der Waals surface area (Å²) in [5.74, 6) is 1.86. The van der Waals surface area contributed by atoms with Gasteiger partial charge in [0.2, 0.25) is 5.91 Å². The molecule has 1 aromatic rings. The molecule has 17 heavy (non-hydrogen) atoms. The maximum Gasteiger partial charge on any atom is 0.238 e. The molecule has 0 saturated carbocycles. The number of amides is 1. The zero-order valence-corrected chi connectivity index (χ0v) is 11.1. The number of thioether (sulfide) groups is 1. The van der Waals surface area contributed by atoms with Crippen LogP contribution in [0, 0.1) is 13.8 Å². The van der Waals surface area contributed by atoms with Crippen LogP contribution in [-0.2, 0) is 11.3 Å². The zero-order valence-electron chi connectivity index (χ0n) is 10.2. The van der Waals surface area contributed by atoms with Gasteiger partial charge in [0.05, 0.1) is 6.04 Å². The molecule has 0 aliphatic carbocycles. The first-order valence-electron chi connectivity index (χ1n) is 5.82. The molecule has 92 valence electrons. The minimum atomic E-state index is -0.0217. The Kier molecular flexibility index (Phi) is 4.07. The molecule has 0 aromatic heterocycles. The van der Waals surface area contributed by atoms with Crippen LogP contribution in [-0.4, -0.2) is 23.6 Å². The summed E-state index contributed by atoms with van der Waals surface area (Å²) in [6, 6.07) is 6.28. The SMILES string of the molecule is Cc1ccc(CNC(=O)C2CSCN2)cc1C. The first kappa shape index (κ1) is 12.5. The molecule has 2 rings (SSSR count). The summed E-state index contributed by atoms with van der Waals surface area (Å²) in [5.41, 5.74) is 3.72. The molecule has 0 radical (unpaired) electrons. The van der Waals surface area contributed by atoms with Gasteiger partial charge in [0, 0.05) is 18.2 Å². The van der Waals surface area contributed by atoms with Crippen LogP contribution in [0.1, 0.15) is 16.7 Å². The molecule has 1 aliphatic rings. The van der Waals surface area contributed by atoms with E-state index in [1.54, 1.807) is 11.8 Å². The maximum absolute atomic E-state index is 11.8. The van der Waals surface area contributed by atoms with Crippen LogP contribution >= 0.6 is 11.8 Å². The Morgan fingerprint density at radius 1 is 1.47 bits per heavy atom. The number of nitrogens with one attached hydrogen (secondary N) is 2. The van der Waals surface area contributed by atoms with E-state index in [1.165, 1.54) is 11.1 Å². The highest BCUT2D eigenvalue weighted by Crippen LogP contribution is 2.11. The van der Waals surface area contributed by atoms with E-state index >= 15 is 0 Å². The van der Waals surface area contributed by atoms with Crippen molar-refractivity contribution in [3.05, 3.63) is 34.9 Å². The minimum absolute atomic E-state index is 0.0217. The number of aryl methyl sites for hydroxylation is 2. The lowest BCUT2D eigenvalue weighted by Gasteiger charge is -2.11. The summed E-state index contributed by atoms with van der Waals surface area (Å²) in [4.78, 5) is 11.8. The number of benzene rings is 1. The molecule has 1 atom stereocenters. The first-order chi connectivity index (χ1) is 8.16. The van der Waals surface area contributed by atoms with Gasteiger partial charge in [-0.3, -0.25) is 10.1 Å². The average molecular weight is 250 g/mol. The smallest absolute Gasteiger partial charge is 0.238 e. The minimum Gasteiger partial charge on any atom is -0.351 e. The van der Waals surface area contributed by atoms with Crippen LogP contribution in [0.4, 0.5) is 0 Å². The van der Waals surface area contributed by atoms with Crippen molar-refractivity contribution in [2.24, 2.45) is 0 Å². The van der Waals surface area contributed by atoms with Crippen LogP contribution in [0.5, 0.6) is 0 Å². The molecule has 1 aromatic carbocycles. The molecule has 0 bridgehead atoms. The topological polar surface area (TPSA) is 41.1 Å². The van der Waals surface area contributed by atoms with Gasteiger partial charge in [-0.1, -0.05) is 18.2 Å². The van der Waals surface area contributed by atoms with E-state index in [0.29, 0.717) is 6.54 Å². The third-order valence-electron chi connectivity index (χ3n) is 3.07. The van der Waals surface area contributed by atoms with Gasteiger partial charge in [-0.05, 0) is 30.5 Å². The summed E-state index contributed by atoms with van der Waals surface area (Å²) < 4.78 is 0. The van der Waals surface area contributed by atoms with E-state index in [4.69, 9.17) is 0 Å². The molecule has 2 N–H and O–H groups in total. The van der Waals surface area contributed by atoms with Crippen molar-refractivity contribution < 1.29 is 4.79 Å². The van der Waals surface area contributed by atoms with Crippen LogP contribution in [0.3, 0.4) is 0 Å². The lowest BCUT2D eigenvalue weighted by molar-refractivity contribution is -0.122. The fourth-order valence-electron chi connectivity index (χ4n) is 1.79. The number of hydrogen-bond acceptors (Lipinski definition) is 3. The van der Waals surface area contributed by atoms with Crippen molar-refractivity contribution in [1.82, 2.24) is 10.6 Å². The number of carbonyl (C=O) groups excluding carboxylic acids is 1. The quantitative estimate of drug-likeness (QED) is 0.856. The monoisotopic (exact) mass is 250 g/mol. The Labute approximate surface area is 106 Å². The second-order valence-electron chi connectivity index (χ2n) is 4.41. The second kappa shape index (κ2) is 5.56. The van der Waals surface area contributed by atoms with Crippen LogP contribution in [0.15, 0.2) is 18.2 Å². The van der Waals surface area contributed by atoms with E-state index in [9.17, 15) is 4.79 Å². The summed E-state index contributed by atoms with van der Waals surface area (Å²) in [6.07, 6.45) is 0. The second-order valence-corrected chi connectivity index (χ2v) is 5.44. The highest BCUT2D eigenvalue weighted by Gasteiger charge is 2.21. The Morgan fingerprint density at radius 2 is 2.29 bits per heavy atom. The summed E-state index contributed by atoms with van der Waals surface area (Å²) in [6.45, 7) is 4.80. The molecule has 1 unspecified atom stereocenters. The Balaban J connectivity index is 1.88. The molecule has 0 spiro atoms. The number of hydrogen-bond donors (Lipinski definition) is 2. The molecule has 4 heteroatoms. The fraction of sp³-hybridized carbons (Fsp3) is 0.462. The fourth-order valence-corrected chi connectivity index (χ4v) is 2.73. The predicted molar refractivity (Wildman–Crippen MR) is 72.0 cm³/mol. The summed E-state index contributed by atoms with van der Waals surface area (Å²) in [5, 5.41) is 6.14. The van der Waals surface area contributed by atoms with Gasteiger partial charge in [-0.15, -0.1) is 11.8 Å².